The van der Waals surface area contributed by atoms with Gasteiger partial charge in [0.05, 0.1) is 113 Å². The number of ether oxygens (including phenoxy) is 3. The molecule has 0 saturated carbocycles. The Hall–Kier alpha value is -10.1. The summed E-state index contributed by atoms with van der Waals surface area (Å²) >= 11 is 0. The lowest BCUT2D eigenvalue weighted by atomic mass is 9.97. The number of fused-ring (bicyclic) bond motifs is 3. The number of hydrogen-bond acceptors (Lipinski definition) is 24. The van der Waals surface area contributed by atoms with Gasteiger partial charge in [0, 0.05) is 90.2 Å². The molecule has 33 nitrogen and oxygen atoms in total. The third kappa shape index (κ3) is 17.7. The van der Waals surface area contributed by atoms with Crippen LogP contribution in [0.5, 0.6) is 17.2 Å². The van der Waals surface area contributed by atoms with Crippen molar-refractivity contribution in [3.05, 3.63) is 179 Å². The van der Waals surface area contributed by atoms with Crippen molar-refractivity contribution >= 4 is 47.8 Å². The number of benzene rings is 3. The van der Waals surface area contributed by atoms with E-state index < -0.39 is 124 Å². The molecule has 0 saturated heterocycles. The van der Waals surface area contributed by atoms with E-state index in [1.165, 1.54) is 33.3 Å². The molecule has 6 N–H and O–H groups in total. The Balaban J connectivity index is 0.000000169. The van der Waals surface area contributed by atoms with Gasteiger partial charge in [0.1, 0.15) is 71.4 Å². The van der Waals surface area contributed by atoms with E-state index in [4.69, 9.17) is 29.5 Å². The monoisotopic (exact) mass is 1530 g/mol. The summed E-state index contributed by atoms with van der Waals surface area (Å²) in [6.07, 6.45) is 1.71. The zero-order valence-corrected chi connectivity index (χ0v) is 57.5. The lowest BCUT2D eigenvalue weighted by molar-refractivity contribution is -0.135. The second kappa shape index (κ2) is 33.8. The minimum atomic E-state index is -4.15. The molecule has 42 heteroatoms. The molecule has 3 aromatic carbocycles. The molecule has 12 rings (SSSR count). The van der Waals surface area contributed by atoms with Crippen LogP contribution in [-0.2, 0) is 103 Å². The summed E-state index contributed by atoms with van der Waals surface area (Å²) in [5.74, 6) is -2.85. The van der Waals surface area contributed by atoms with E-state index in [0.717, 1.165) is 63.5 Å². The average Bonchev–Trinajstić information content (AvgIpc) is 1.63. The molecule has 1 unspecified atom stereocenters. The van der Waals surface area contributed by atoms with Crippen LogP contribution in [-0.4, -0.2) is 224 Å². The summed E-state index contributed by atoms with van der Waals surface area (Å²) in [4.78, 5) is 43.1. The molecule has 0 radical (unpaired) electrons. The molecule has 6 aromatic heterocycles. The molecule has 0 aliphatic carbocycles. The topological polar surface area (TPSA) is 419 Å². The number of aliphatic hydroxyl groups excluding tert-OH is 6. The normalized spacial score (nSPS) is 14.4. The van der Waals surface area contributed by atoms with Crippen molar-refractivity contribution in [3.8, 4) is 17.2 Å². The Kier molecular flexibility index (Phi) is 24.9. The zero-order chi connectivity index (χ0) is 75.5. The Bertz CT molecular complexity index is 4330. The number of rotatable bonds is 30. The fourth-order valence-corrected chi connectivity index (χ4v) is 14.8. The first kappa shape index (κ1) is 77.5. The number of alkyl halides is 6. The lowest BCUT2D eigenvalue weighted by Gasteiger charge is -2.23. The molecule has 105 heavy (non-hydrogen) atoms. The molecule has 3 aliphatic rings. The van der Waals surface area contributed by atoms with E-state index in [1.54, 1.807) is 72.8 Å². The quantitative estimate of drug-likeness (QED) is 0.0349. The predicted molar refractivity (Wildman–Crippen MR) is 348 cm³/mol. The molecule has 3 atom stereocenters. The standard InChI is InChI=1S/3C21H23F2N5O6S/c3*22-20(23)12-27-10-15(7-24-27)35(32,33)28-9-14-8-26(11-18(14)25-28)21(31)17(13-30)16-3-1-2-4-19(16)34-6-5-29/h3*1-4,7,9-10,17,20,29-30H,5-6,8,11-13H2/t2*17-;/m10./s1. The van der Waals surface area contributed by atoms with Gasteiger partial charge in [0.2, 0.25) is 17.7 Å². The van der Waals surface area contributed by atoms with Gasteiger partial charge in [-0.25, -0.2) is 26.3 Å². The molecule has 3 aliphatic heterocycles. The summed E-state index contributed by atoms with van der Waals surface area (Å²) < 4.78 is 173. The van der Waals surface area contributed by atoms with Crippen LogP contribution in [0.4, 0.5) is 26.3 Å². The van der Waals surface area contributed by atoms with Crippen molar-refractivity contribution in [2.45, 2.75) is 111 Å². The van der Waals surface area contributed by atoms with Crippen LogP contribution in [0.15, 0.2) is 143 Å². The van der Waals surface area contributed by atoms with E-state index in [2.05, 4.69) is 30.6 Å². The summed E-state index contributed by atoms with van der Waals surface area (Å²) in [5.41, 5.74) is 4.00. The highest BCUT2D eigenvalue weighted by Gasteiger charge is 2.39. The van der Waals surface area contributed by atoms with Crippen LogP contribution in [0.2, 0.25) is 0 Å². The maximum absolute atomic E-state index is 13.2. The van der Waals surface area contributed by atoms with Crippen LogP contribution in [0, 0.1) is 0 Å². The lowest BCUT2D eigenvalue weighted by Crippen LogP contribution is -2.33. The van der Waals surface area contributed by atoms with Gasteiger partial charge < -0.3 is 59.5 Å². The molecule has 0 bridgehead atoms. The third-order valence-corrected chi connectivity index (χ3v) is 20.9. The van der Waals surface area contributed by atoms with Gasteiger partial charge in [0.25, 0.3) is 49.3 Å². The molecular formula is C63H69F6N15O18S3. The van der Waals surface area contributed by atoms with E-state index in [-0.39, 0.29) is 93.6 Å². The van der Waals surface area contributed by atoms with Gasteiger partial charge in [0.15, 0.2) is 0 Å². The van der Waals surface area contributed by atoms with Crippen LogP contribution in [0.3, 0.4) is 0 Å². The Morgan fingerprint density at radius 2 is 0.648 bits per heavy atom. The van der Waals surface area contributed by atoms with E-state index >= 15 is 0 Å². The van der Waals surface area contributed by atoms with Gasteiger partial charge in [-0.1, -0.05) is 54.6 Å². The number of hydrogen-bond donors (Lipinski definition) is 6. The number of para-hydroxylation sites is 3. The molecule has 3 amide bonds. The second-order valence-corrected chi connectivity index (χ2v) is 28.8. The van der Waals surface area contributed by atoms with Crippen molar-refractivity contribution in [1.29, 1.82) is 0 Å². The highest BCUT2D eigenvalue weighted by Crippen LogP contribution is 2.36. The fraction of sp³-hybridized carbons (Fsp3) is 0.381. The van der Waals surface area contributed by atoms with Crippen LogP contribution >= 0.6 is 0 Å². The van der Waals surface area contributed by atoms with Crippen molar-refractivity contribution in [3.63, 3.8) is 0 Å². The molecule has 0 fully saturated rings. The second-order valence-electron chi connectivity index (χ2n) is 23.4. The largest absolute Gasteiger partial charge is 0.491 e. The highest BCUT2D eigenvalue weighted by atomic mass is 32.2. The third-order valence-electron chi connectivity index (χ3n) is 16.4. The predicted octanol–water partition coefficient (Wildman–Crippen LogP) is 1.71. The van der Waals surface area contributed by atoms with Crippen LogP contribution < -0.4 is 14.2 Å². The Morgan fingerprint density at radius 3 is 0.876 bits per heavy atom. The first-order chi connectivity index (χ1) is 50.2. The van der Waals surface area contributed by atoms with Crippen molar-refractivity contribution in [2.24, 2.45) is 0 Å². The molecule has 0 spiro atoms. The summed E-state index contributed by atoms with van der Waals surface area (Å²) in [5, 5.41) is 80.2. The number of carbonyl (C=O) groups is 3. The van der Waals surface area contributed by atoms with E-state index in [0.29, 0.717) is 67.7 Å². The van der Waals surface area contributed by atoms with Gasteiger partial charge in [-0.3, -0.25) is 28.4 Å². The van der Waals surface area contributed by atoms with Gasteiger partial charge in [-0.2, -0.15) is 68.1 Å². The number of nitrogens with zero attached hydrogens (tertiary/aromatic N) is 15. The number of carbonyl (C=O) groups excluding carboxylic acids is 3. The van der Waals surface area contributed by atoms with Crippen molar-refractivity contribution < 1.29 is 111 Å². The SMILES string of the molecule is O=C(C(CO)c1ccccc1OCCO)N1Cc2cn(S(=O)(=O)c3cnn(CC(F)F)c3)nc2C1.O=C([C@@H](CO)c1ccccc1OCCO)N1Cc2cn(S(=O)(=O)c3cnn(CC(F)F)c3)nc2C1.O=C([C@H](CO)c1ccccc1OCCO)N1Cc2cn(S(=O)(=O)c3cnn(CC(F)F)c3)nc2C1. The fourth-order valence-electron chi connectivity index (χ4n) is 11.5. The highest BCUT2D eigenvalue weighted by molar-refractivity contribution is 7.90. The maximum Gasteiger partial charge on any atom is 0.286 e. The first-order valence-corrected chi connectivity index (χ1v) is 36.1. The number of aliphatic hydroxyl groups is 6. The number of amides is 3. The van der Waals surface area contributed by atoms with Gasteiger partial charge >= 0.3 is 0 Å². The summed E-state index contributed by atoms with van der Waals surface area (Å²) in [6, 6.07) is 20.1. The summed E-state index contributed by atoms with van der Waals surface area (Å²) in [7, 11) is -12.5. The number of halogens is 6. The van der Waals surface area contributed by atoms with E-state index in [1.807, 2.05) is 0 Å². The molecule has 564 valence electrons. The van der Waals surface area contributed by atoms with Crippen molar-refractivity contribution in [2.75, 3.05) is 59.5 Å². The summed E-state index contributed by atoms with van der Waals surface area (Å²) in [6.45, 7) is -3.89. The minimum absolute atomic E-state index is 0.0253. The Labute approximate surface area is 594 Å². The number of aromatic nitrogens is 12. The average molecular weight is 1530 g/mol. The van der Waals surface area contributed by atoms with Crippen LogP contribution in [0.1, 0.15) is 68.2 Å². The zero-order valence-electron chi connectivity index (χ0n) is 55.1. The van der Waals surface area contributed by atoms with Gasteiger partial charge in [-0.05, 0) is 18.2 Å². The van der Waals surface area contributed by atoms with Gasteiger partial charge in [-0.15, -0.1) is 0 Å². The smallest absolute Gasteiger partial charge is 0.286 e. The maximum atomic E-state index is 13.2. The van der Waals surface area contributed by atoms with E-state index in [9.17, 15) is 81.3 Å². The minimum Gasteiger partial charge on any atom is -0.491 e. The molecule has 9 aromatic rings. The first-order valence-electron chi connectivity index (χ1n) is 31.8. The van der Waals surface area contributed by atoms with Crippen molar-refractivity contribution in [1.82, 2.24) is 71.6 Å². The Morgan fingerprint density at radius 1 is 0.390 bits per heavy atom. The molecular weight excluding hydrogens is 1460 g/mol. The van der Waals surface area contributed by atoms with Crippen LogP contribution in [0.25, 0.3) is 0 Å². The molecule has 9 heterocycles.